The lowest BCUT2D eigenvalue weighted by Crippen LogP contribution is -2.35. The van der Waals surface area contributed by atoms with Crippen molar-refractivity contribution in [2.75, 3.05) is 26.2 Å². The first kappa shape index (κ1) is 16.8. The van der Waals surface area contributed by atoms with E-state index in [0.717, 1.165) is 30.6 Å². The minimum atomic E-state index is 0.791. The molecule has 0 aromatic heterocycles. The molecule has 1 unspecified atom stereocenters. The normalized spacial score (nSPS) is 23.8. The van der Waals surface area contributed by atoms with Gasteiger partial charge in [-0.15, -0.1) is 0 Å². The highest BCUT2D eigenvalue weighted by Gasteiger charge is 2.16. The third kappa shape index (κ3) is 5.24. The molecule has 23 heavy (non-hydrogen) atoms. The Hall–Kier alpha value is -1.02. The van der Waals surface area contributed by atoms with Crippen molar-refractivity contribution >= 4 is 0 Å². The van der Waals surface area contributed by atoms with E-state index >= 15 is 0 Å². The van der Waals surface area contributed by atoms with Crippen LogP contribution in [0.3, 0.4) is 0 Å². The summed E-state index contributed by atoms with van der Waals surface area (Å²) in [6.45, 7) is 6.95. The van der Waals surface area contributed by atoms with Crippen LogP contribution in [0.1, 0.15) is 69.8 Å². The lowest BCUT2D eigenvalue weighted by atomic mass is 9.84. The van der Waals surface area contributed by atoms with E-state index in [1.807, 2.05) is 0 Å². The molecule has 1 saturated heterocycles. The van der Waals surface area contributed by atoms with Gasteiger partial charge in [0.25, 0.3) is 0 Å². The van der Waals surface area contributed by atoms with Crippen LogP contribution in [0.5, 0.6) is 5.75 Å². The Kier molecular flexibility index (Phi) is 6.38. The van der Waals surface area contributed by atoms with Crippen LogP contribution < -0.4 is 4.74 Å². The average Bonchev–Trinajstić information content (AvgIpc) is 2.60. The van der Waals surface area contributed by atoms with Crippen LogP contribution >= 0.6 is 0 Å². The summed E-state index contributed by atoms with van der Waals surface area (Å²) < 4.78 is 5.94. The molecule has 2 aliphatic rings. The van der Waals surface area contributed by atoms with E-state index in [1.165, 1.54) is 70.1 Å². The first-order chi connectivity index (χ1) is 11.3. The second-order valence-corrected chi connectivity index (χ2v) is 7.65. The Morgan fingerprint density at radius 1 is 1.00 bits per heavy atom. The molecule has 2 fully saturated rings. The fourth-order valence-corrected chi connectivity index (χ4v) is 4.24. The fraction of sp³-hybridized carbons (Fsp3) is 0.714. The Labute approximate surface area is 142 Å². The van der Waals surface area contributed by atoms with E-state index in [1.54, 1.807) is 0 Å². The summed E-state index contributed by atoms with van der Waals surface area (Å²) in [5.41, 5.74) is 1.51. The molecule has 0 spiro atoms. The molecule has 0 bridgehead atoms. The van der Waals surface area contributed by atoms with E-state index in [-0.39, 0.29) is 0 Å². The molecular formula is C21H33NO. The summed E-state index contributed by atoms with van der Waals surface area (Å²) in [6, 6.07) is 8.93. The number of nitrogens with zero attached hydrogens (tertiary/aromatic N) is 1. The van der Waals surface area contributed by atoms with Crippen molar-refractivity contribution in [3.05, 3.63) is 29.8 Å². The lowest BCUT2D eigenvalue weighted by molar-refractivity contribution is 0.170. The summed E-state index contributed by atoms with van der Waals surface area (Å²) >= 11 is 0. The van der Waals surface area contributed by atoms with Gasteiger partial charge in [-0.1, -0.05) is 38.3 Å². The zero-order chi connectivity index (χ0) is 15.9. The predicted octanol–water partition coefficient (Wildman–Crippen LogP) is 5.24. The zero-order valence-corrected chi connectivity index (χ0v) is 14.8. The van der Waals surface area contributed by atoms with Crippen LogP contribution in [0.2, 0.25) is 0 Å². The molecular weight excluding hydrogens is 282 g/mol. The molecule has 1 aliphatic carbocycles. The highest BCUT2D eigenvalue weighted by molar-refractivity contribution is 5.29. The van der Waals surface area contributed by atoms with Gasteiger partial charge in [-0.05, 0) is 68.2 Å². The van der Waals surface area contributed by atoms with E-state index < -0.39 is 0 Å². The molecule has 2 heteroatoms. The predicted molar refractivity (Wildman–Crippen MR) is 97.2 cm³/mol. The molecule has 1 aliphatic heterocycles. The Morgan fingerprint density at radius 2 is 1.78 bits per heavy atom. The van der Waals surface area contributed by atoms with Crippen molar-refractivity contribution < 1.29 is 4.74 Å². The number of rotatable bonds is 6. The largest absolute Gasteiger partial charge is 0.494 e. The Balaban J connectivity index is 1.37. The maximum Gasteiger partial charge on any atom is 0.119 e. The number of hydrogen-bond acceptors (Lipinski definition) is 2. The van der Waals surface area contributed by atoms with Crippen LogP contribution in [0.25, 0.3) is 0 Å². The molecule has 1 aromatic rings. The molecule has 1 aromatic carbocycles. The fourth-order valence-electron chi connectivity index (χ4n) is 4.24. The van der Waals surface area contributed by atoms with Gasteiger partial charge in [0, 0.05) is 13.1 Å². The highest BCUT2D eigenvalue weighted by atomic mass is 16.5. The van der Waals surface area contributed by atoms with Crippen LogP contribution in [-0.2, 0) is 0 Å². The molecule has 0 N–H and O–H groups in total. The van der Waals surface area contributed by atoms with Crippen LogP contribution in [0, 0.1) is 5.92 Å². The van der Waals surface area contributed by atoms with Crippen molar-refractivity contribution in [2.24, 2.45) is 5.92 Å². The minimum Gasteiger partial charge on any atom is -0.494 e. The Bertz CT molecular complexity index is 449. The van der Waals surface area contributed by atoms with E-state index in [4.69, 9.17) is 4.74 Å². The topological polar surface area (TPSA) is 12.5 Å². The monoisotopic (exact) mass is 315 g/mol. The molecule has 0 radical (unpaired) electrons. The van der Waals surface area contributed by atoms with Gasteiger partial charge in [0.05, 0.1) is 6.61 Å². The van der Waals surface area contributed by atoms with Gasteiger partial charge >= 0.3 is 0 Å². The first-order valence-electron chi connectivity index (χ1n) is 9.76. The lowest BCUT2D eigenvalue weighted by Gasteiger charge is -2.30. The van der Waals surface area contributed by atoms with Gasteiger partial charge < -0.3 is 9.64 Å². The van der Waals surface area contributed by atoms with Crippen LogP contribution in [-0.4, -0.2) is 31.1 Å². The molecule has 1 saturated carbocycles. The van der Waals surface area contributed by atoms with E-state index in [0.29, 0.717) is 0 Å². The summed E-state index contributed by atoms with van der Waals surface area (Å²) in [6.07, 6.45) is 10.9. The number of hydrogen-bond donors (Lipinski definition) is 0. The quantitative estimate of drug-likeness (QED) is 0.666. The van der Waals surface area contributed by atoms with Gasteiger partial charge in [-0.3, -0.25) is 0 Å². The van der Waals surface area contributed by atoms with Gasteiger partial charge in [0.1, 0.15) is 5.75 Å². The number of ether oxygens (including phenoxy) is 1. The van der Waals surface area contributed by atoms with Gasteiger partial charge in [0.15, 0.2) is 0 Å². The summed E-state index contributed by atoms with van der Waals surface area (Å²) in [4.78, 5) is 2.60. The molecule has 1 atom stereocenters. The molecule has 1 heterocycles. The SMILES string of the molecule is CC1CCCN(CCCOc2ccc(C3CCCCC3)cc2)C1. The second kappa shape index (κ2) is 8.73. The molecule has 128 valence electrons. The van der Waals surface area contributed by atoms with Crippen molar-refractivity contribution in [1.29, 1.82) is 0 Å². The van der Waals surface area contributed by atoms with Crippen LogP contribution in [0.15, 0.2) is 24.3 Å². The first-order valence-corrected chi connectivity index (χ1v) is 9.76. The van der Waals surface area contributed by atoms with Gasteiger partial charge in [0.2, 0.25) is 0 Å². The Morgan fingerprint density at radius 3 is 2.52 bits per heavy atom. The van der Waals surface area contributed by atoms with Crippen molar-refractivity contribution in [3.8, 4) is 5.75 Å². The maximum absolute atomic E-state index is 5.94. The van der Waals surface area contributed by atoms with E-state index in [2.05, 4.69) is 36.1 Å². The number of piperidine rings is 1. The second-order valence-electron chi connectivity index (χ2n) is 7.65. The summed E-state index contributed by atoms with van der Waals surface area (Å²) in [7, 11) is 0. The van der Waals surface area contributed by atoms with Crippen molar-refractivity contribution in [3.63, 3.8) is 0 Å². The minimum absolute atomic E-state index is 0.791. The average molecular weight is 316 g/mol. The van der Waals surface area contributed by atoms with Crippen LogP contribution in [0.4, 0.5) is 0 Å². The molecule has 0 amide bonds. The maximum atomic E-state index is 5.94. The third-order valence-electron chi connectivity index (χ3n) is 5.59. The van der Waals surface area contributed by atoms with Crippen molar-refractivity contribution in [2.45, 2.75) is 64.2 Å². The smallest absolute Gasteiger partial charge is 0.119 e. The van der Waals surface area contributed by atoms with E-state index in [9.17, 15) is 0 Å². The molecule has 2 nitrogen and oxygen atoms in total. The zero-order valence-electron chi connectivity index (χ0n) is 14.8. The van der Waals surface area contributed by atoms with Crippen molar-refractivity contribution in [1.82, 2.24) is 4.90 Å². The molecule has 3 rings (SSSR count). The number of benzene rings is 1. The summed E-state index contributed by atoms with van der Waals surface area (Å²) in [5, 5.41) is 0. The third-order valence-corrected chi connectivity index (χ3v) is 5.59. The van der Waals surface area contributed by atoms with Gasteiger partial charge in [-0.2, -0.15) is 0 Å². The standard InChI is InChI=1S/C21H33NO/c1-18-7-5-14-22(17-18)15-6-16-23-21-12-10-20(11-13-21)19-8-3-2-4-9-19/h10-13,18-19H,2-9,14-17H2,1H3. The van der Waals surface area contributed by atoms with Gasteiger partial charge in [-0.25, -0.2) is 0 Å². The summed E-state index contributed by atoms with van der Waals surface area (Å²) in [5.74, 6) is 2.70. The highest BCUT2D eigenvalue weighted by Crippen LogP contribution is 2.33. The number of likely N-dealkylation sites (tertiary alicyclic amines) is 1.